The third kappa shape index (κ3) is 3.22. The van der Waals surface area contributed by atoms with Crippen molar-refractivity contribution < 1.29 is 17.6 Å². The van der Waals surface area contributed by atoms with Gasteiger partial charge in [0.05, 0.1) is 6.04 Å². The highest BCUT2D eigenvalue weighted by molar-refractivity contribution is 5.31. The van der Waals surface area contributed by atoms with Crippen LogP contribution in [0.1, 0.15) is 22.7 Å². The van der Waals surface area contributed by atoms with E-state index in [2.05, 4.69) is 5.43 Å². The molecule has 0 saturated carbocycles. The summed E-state index contributed by atoms with van der Waals surface area (Å²) in [6.45, 7) is 1.48. The Morgan fingerprint density at radius 3 is 2.38 bits per heavy atom. The first kappa shape index (κ1) is 15.5. The molecule has 2 rings (SSSR count). The summed E-state index contributed by atoms with van der Waals surface area (Å²) in [5, 5.41) is 0. The minimum absolute atomic E-state index is 0.0155. The average Bonchev–Trinajstić information content (AvgIpc) is 2.45. The van der Waals surface area contributed by atoms with Crippen LogP contribution < -0.4 is 11.3 Å². The van der Waals surface area contributed by atoms with Crippen molar-refractivity contribution in [2.24, 2.45) is 5.84 Å². The molecule has 21 heavy (non-hydrogen) atoms. The van der Waals surface area contributed by atoms with Gasteiger partial charge in [-0.15, -0.1) is 0 Å². The topological polar surface area (TPSA) is 38.0 Å². The first-order valence-electron chi connectivity index (χ1n) is 6.28. The van der Waals surface area contributed by atoms with Crippen LogP contribution >= 0.6 is 0 Å². The van der Waals surface area contributed by atoms with E-state index in [0.717, 1.165) is 24.3 Å². The summed E-state index contributed by atoms with van der Waals surface area (Å²) in [6, 6.07) is 4.30. The fourth-order valence-electron chi connectivity index (χ4n) is 2.16. The molecular formula is C15H14F4N2. The quantitative estimate of drug-likeness (QED) is 0.516. The summed E-state index contributed by atoms with van der Waals surface area (Å²) in [7, 11) is 0. The van der Waals surface area contributed by atoms with Crippen molar-refractivity contribution in [3.05, 3.63) is 70.3 Å². The van der Waals surface area contributed by atoms with E-state index in [1.165, 1.54) is 13.0 Å². The Bertz CT molecular complexity index is 658. The number of benzene rings is 2. The van der Waals surface area contributed by atoms with Gasteiger partial charge in [0, 0.05) is 5.56 Å². The van der Waals surface area contributed by atoms with Crippen molar-refractivity contribution in [3.63, 3.8) is 0 Å². The Hall–Kier alpha value is -1.92. The van der Waals surface area contributed by atoms with Gasteiger partial charge in [-0.05, 0) is 48.7 Å². The molecular weight excluding hydrogens is 284 g/mol. The maximum atomic E-state index is 14.1. The van der Waals surface area contributed by atoms with E-state index in [1.807, 2.05) is 0 Å². The first-order valence-corrected chi connectivity index (χ1v) is 6.28. The van der Waals surface area contributed by atoms with Crippen LogP contribution in [0.3, 0.4) is 0 Å². The van der Waals surface area contributed by atoms with Gasteiger partial charge < -0.3 is 0 Å². The second kappa shape index (κ2) is 6.24. The Balaban J connectivity index is 2.41. The van der Waals surface area contributed by atoms with Crippen LogP contribution in [0.15, 0.2) is 30.3 Å². The van der Waals surface area contributed by atoms with Gasteiger partial charge in [0.15, 0.2) is 0 Å². The van der Waals surface area contributed by atoms with Crippen molar-refractivity contribution in [1.82, 2.24) is 5.43 Å². The summed E-state index contributed by atoms with van der Waals surface area (Å²) in [5.41, 5.74) is 2.19. The van der Waals surface area contributed by atoms with Crippen molar-refractivity contribution >= 4 is 0 Å². The molecule has 0 radical (unpaired) electrons. The molecule has 0 saturated heterocycles. The van der Waals surface area contributed by atoms with E-state index in [9.17, 15) is 17.6 Å². The minimum atomic E-state index is -1.01. The highest BCUT2D eigenvalue weighted by Gasteiger charge is 2.22. The van der Waals surface area contributed by atoms with E-state index in [4.69, 9.17) is 5.84 Å². The van der Waals surface area contributed by atoms with E-state index >= 15 is 0 Å². The molecule has 0 aliphatic carbocycles. The lowest BCUT2D eigenvalue weighted by atomic mass is 9.96. The normalized spacial score (nSPS) is 12.5. The summed E-state index contributed by atoms with van der Waals surface area (Å²) in [5.74, 6) is 2.49. The van der Waals surface area contributed by atoms with Gasteiger partial charge in [0.25, 0.3) is 0 Å². The largest absolute Gasteiger partial charge is 0.271 e. The average molecular weight is 298 g/mol. The Morgan fingerprint density at radius 1 is 1.05 bits per heavy atom. The summed E-state index contributed by atoms with van der Waals surface area (Å²) < 4.78 is 54.7. The highest BCUT2D eigenvalue weighted by atomic mass is 19.1. The Morgan fingerprint density at radius 2 is 1.71 bits per heavy atom. The van der Waals surface area contributed by atoms with E-state index in [1.54, 1.807) is 0 Å². The second-order valence-electron chi connectivity index (χ2n) is 4.75. The lowest BCUT2D eigenvalue weighted by molar-refractivity contribution is 0.462. The maximum Gasteiger partial charge on any atom is 0.133 e. The van der Waals surface area contributed by atoms with Gasteiger partial charge in [-0.2, -0.15) is 0 Å². The van der Waals surface area contributed by atoms with E-state index < -0.39 is 29.3 Å². The van der Waals surface area contributed by atoms with Crippen LogP contribution in [0, 0.1) is 30.2 Å². The molecule has 0 spiro atoms. The van der Waals surface area contributed by atoms with Crippen LogP contribution in [0.5, 0.6) is 0 Å². The van der Waals surface area contributed by atoms with Crippen LogP contribution in [0.25, 0.3) is 0 Å². The standard InChI is InChI=1S/C15H14F4N2/c1-8-2-4-12(18)14(15(8)19)13(21-20)7-9-6-10(16)3-5-11(9)17/h2-6,13,21H,7,20H2,1H3. The van der Waals surface area contributed by atoms with Gasteiger partial charge in [0.1, 0.15) is 23.3 Å². The smallest absolute Gasteiger partial charge is 0.133 e. The van der Waals surface area contributed by atoms with Crippen molar-refractivity contribution in [2.75, 3.05) is 0 Å². The predicted molar refractivity (Wildman–Crippen MR) is 71.2 cm³/mol. The number of rotatable bonds is 4. The molecule has 0 heterocycles. The van der Waals surface area contributed by atoms with Gasteiger partial charge in [-0.25, -0.2) is 17.6 Å². The van der Waals surface area contributed by atoms with Gasteiger partial charge in [-0.3, -0.25) is 11.3 Å². The number of hydrogen-bond donors (Lipinski definition) is 2. The lowest BCUT2D eigenvalue weighted by Crippen LogP contribution is -2.31. The summed E-state index contributed by atoms with van der Waals surface area (Å²) in [4.78, 5) is 0. The minimum Gasteiger partial charge on any atom is -0.271 e. The number of aryl methyl sites for hydroxylation is 1. The van der Waals surface area contributed by atoms with E-state index in [0.29, 0.717) is 0 Å². The molecule has 6 heteroatoms. The number of hydrogen-bond acceptors (Lipinski definition) is 2. The van der Waals surface area contributed by atoms with Gasteiger partial charge in [-0.1, -0.05) is 6.07 Å². The molecule has 0 aliphatic heterocycles. The fourth-order valence-corrected chi connectivity index (χ4v) is 2.16. The Kier molecular flexibility index (Phi) is 4.59. The number of nitrogens with two attached hydrogens (primary N) is 1. The fraction of sp³-hybridized carbons (Fsp3) is 0.200. The maximum absolute atomic E-state index is 14.1. The third-order valence-electron chi connectivity index (χ3n) is 3.30. The molecule has 1 unspecified atom stereocenters. The summed E-state index contributed by atoms with van der Waals surface area (Å²) in [6.07, 6.45) is -0.183. The monoisotopic (exact) mass is 298 g/mol. The molecule has 0 bridgehead atoms. The zero-order valence-electron chi connectivity index (χ0n) is 11.3. The molecule has 2 aromatic carbocycles. The van der Waals surface area contributed by atoms with Crippen LogP contribution in [0.2, 0.25) is 0 Å². The Labute approximate surface area is 119 Å². The van der Waals surface area contributed by atoms with Crippen molar-refractivity contribution in [3.8, 4) is 0 Å². The molecule has 0 amide bonds. The van der Waals surface area contributed by atoms with Crippen LogP contribution in [-0.4, -0.2) is 0 Å². The highest BCUT2D eigenvalue weighted by Crippen LogP contribution is 2.26. The summed E-state index contributed by atoms with van der Waals surface area (Å²) >= 11 is 0. The van der Waals surface area contributed by atoms with E-state index in [-0.39, 0.29) is 23.1 Å². The predicted octanol–water partition coefficient (Wildman–Crippen LogP) is 3.30. The SMILES string of the molecule is Cc1ccc(F)c(C(Cc2cc(F)ccc2F)NN)c1F. The zero-order valence-corrected chi connectivity index (χ0v) is 11.3. The van der Waals surface area contributed by atoms with Crippen LogP contribution in [-0.2, 0) is 6.42 Å². The molecule has 1 atom stereocenters. The van der Waals surface area contributed by atoms with Crippen LogP contribution in [0.4, 0.5) is 17.6 Å². The first-order chi connectivity index (χ1) is 9.93. The molecule has 3 N–H and O–H groups in total. The second-order valence-corrected chi connectivity index (χ2v) is 4.75. The number of nitrogens with one attached hydrogen (secondary N) is 1. The number of halogens is 4. The molecule has 2 aromatic rings. The van der Waals surface area contributed by atoms with Gasteiger partial charge in [0.2, 0.25) is 0 Å². The zero-order chi connectivity index (χ0) is 15.6. The van der Waals surface area contributed by atoms with Crippen molar-refractivity contribution in [1.29, 1.82) is 0 Å². The third-order valence-corrected chi connectivity index (χ3v) is 3.30. The molecule has 2 nitrogen and oxygen atoms in total. The van der Waals surface area contributed by atoms with Crippen molar-refractivity contribution in [2.45, 2.75) is 19.4 Å². The molecule has 112 valence electrons. The molecule has 0 aromatic heterocycles. The van der Waals surface area contributed by atoms with Gasteiger partial charge >= 0.3 is 0 Å². The molecule has 0 fully saturated rings. The molecule has 0 aliphatic rings. The lowest BCUT2D eigenvalue weighted by Gasteiger charge is -2.19. The number of hydrazine groups is 1.